The molecule has 1 aliphatic carbocycles. The van der Waals surface area contributed by atoms with Crippen LogP contribution in [-0.2, 0) is 14.3 Å². The molecule has 0 unspecified atom stereocenters. The molecule has 0 bridgehead atoms. The molecule has 0 aromatic rings. The van der Waals surface area contributed by atoms with Gasteiger partial charge >= 0.3 is 5.97 Å². The van der Waals surface area contributed by atoms with Crippen molar-refractivity contribution in [3.63, 3.8) is 0 Å². The molecule has 1 N–H and O–H groups in total. The van der Waals surface area contributed by atoms with Crippen molar-refractivity contribution in [2.75, 3.05) is 6.61 Å². The Morgan fingerprint density at radius 2 is 2.16 bits per heavy atom. The van der Waals surface area contributed by atoms with E-state index < -0.39 is 6.10 Å². The quantitative estimate of drug-likeness (QED) is 0.794. The van der Waals surface area contributed by atoms with Gasteiger partial charge in [-0.3, -0.25) is 0 Å². The van der Waals surface area contributed by atoms with Gasteiger partial charge in [-0.15, -0.1) is 0 Å². The van der Waals surface area contributed by atoms with Crippen LogP contribution in [0.4, 0.5) is 0 Å². The SMILES string of the molecule is CCOC(=O)C1=C[C@H]2OC(CC)(CC)C[C@H]2[C@H](O)C1. The molecule has 4 heteroatoms. The van der Waals surface area contributed by atoms with Crippen LogP contribution in [0.2, 0.25) is 0 Å². The van der Waals surface area contributed by atoms with Crippen LogP contribution in [0.25, 0.3) is 0 Å². The molecule has 3 atom stereocenters. The summed E-state index contributed by atoms with van der Waals surface area (Å²) in [7, 11) is 0. The van der Waals surface area contributed by atoms with Crippen molar-refractivity contribution < 1.29 is 19.4 Å². The van der Waals surface area contributed by atoms with E-state index >= 15 is 0 Å². The summed E-state index contributed by atoms with van der Waals surface area (Å²) in [5.41, 5.74) is 0.412. The van der Waals surface area contributed by atoms with Gasteiger partial charge in [-0.2, -0.15) is 0 Å². The number of carbonyl (C=O) groups excluding carboxylic acids is 1. The predicted molar refractivity (Wildman–Crippen MR) is 71.6 cm³/mol. The lowest BCUT2D eigenvalue weighted by molar-refractivity contribution is -0.139. The van der Waals surface area contributed by atoms with Crippen LogP contribution in [-0.4, -0.2) is 35.5 Å². The molecule has 1 heterocycles. The number of esters is 1. The molecular weight excluding hydrogens is 244 g/mol. The molecule has 0 saturated carbocycles. The zero-order valence-electron chi connectivity index (χ0n) is 12.0. The average Bonchev–Trinajstić information content (AvgIpc) is 2.79. The standard InChI is InChI=1S/C15H24O4/c1-4-15(5-2)9-11-12(16)7-10(8-13(11)19-15)14(17)18-6-3/h8,11-13,16H,4-7,9H2,1-3H3/t11-,12+,13+/m0/s1. The first-order valence-electron chi connectivity index (χ1n) is 7.29. The van der Waals surface area contributed by atoms with Crippen molar-refractivity contribution in [3.05, 3.63) is 11.6 Å². The maximum absolute atomic E-state index is 11.8. The van der Waals surface area contributed by atoms with Gasteiger partial charge < -0.3 is 14.6 Å². The van der Waals surface area contributed by atoms with Gasteiger partial charge in [-0.05, 0) is 32.3 Å². The van der Waals surface area contributed by atoms with Gasteiger partial charge in [-0.25, -0.2) is 4.79 Å². The predicted octanol–water partition coefficient (Wildman–Crippen LogP) is 2.20. The minimum Gasteiger partial charge on any atom is -0.463 e. The molecule has 2 aliphatic rings. The lowest BCUT2D eigenvalue weighted by Gasteiger charge is -2.27. The Morgan fingerprint density at radius 1 is 1.47 bits per heavy atom. The number of aliphatic hydroxyl groups is 1. The highest BCUT2D eigenvalue weighted by Crippen LogP contribution is 2.45. The first-order valence-corrected chi connectivity index (χ1v) is 7.29. The van der Waals surface area contributed by atoms with Crippen molar-refractivity contribution in [3.8, 4) is 0 Å². The second-order valence-corrected chi connectivity index (χ2v) is 5.52. The molecule has 0 spiro atoms. The summed E-state index contributed by atoms with van der Waals surface area (Å²) in [6, 6.07) is 0. The molecule has 2 rings (SSSR count). The number of ether oxygens (including phenoxy) is 2. The molecule has 0 aromatic carbocycles. The molecule has 1 saturated heterocycles. The van der Waals surface area contributed by atoms with E-state index in [1.165, 1.54) is 0 Å². The smallest absolute Gasteiger partial charge is 0.333 e. The van der Waals surface area contributed by atoms with Crippen molar-refractivity contribution >= 4 is 5.97 Å². The molecule has 19 heavy (non-hydrogen) atoms. The third-order valence-corrected chi connectivity index (χ3v) is 4.53. The molecule has 108 valence electrons. The van der Waals surface area contributed by atoms with E-state index in [4.69, 9.17) is 9.47 Å². The van der Waals surface area contributed by atoms with E-state index in [9.17, 15) is 9.90 Å². The van der Waals surface area contributed by atoms with Gasteiger partial charge in [0.25, 0.3) is 0 Å². The number of fused-ring (bicyclic) bond motifs is 1. The molecule has 0 amide bonds. The van der Waals surface area contributed by atoms with Gasteiger partial charge in [0.15, 0.2) is 0 Å². The van der Waals surface area contributed by atoms with E-state index in [0.717, 1.165) is 19.3 Å². The topological polar surface area (TPSA) is 55.8 Å². The Bertz CT molecular complexity index is 370. The van der Waals surface area contributed by atoms with Crippen molar-refractivity contribution in [1.29, 1.82) is 0 Å². The van der Waals surface area contributed by atoms with Gasteiger partial charge in [0.05, 0.1) is 24.4 Å². The summed E-state index contributed by atoms with van der Waals surface area (Å²) in [5.74, 6) is -0.216. The summed E-state index contributed by atoms with van der Waals surface area (Å²) in [4.78, 5) is 11.8. The van der Waals surface area contributed by atoms with E-state index in [-0.39, 0.29) is 23.6 Å². The van der Waals surface area contributed by atoms with Crippen LogP contribution in [0.3, 0.4) is 0 Å². The summed E-state index contributed by atoms with van der Waals surface area (Å²) < 4.78 is 11.1. The maximum Gasteiger partial charge on any atom is 0.333 e. The van der Waals surface area contributed by atoms with E-state index in [1.54, 1.807) is 6.92 Å². The highest BCUT2D eigenvalue weighted by molar-refractivity contribution is 5.88. The van der Waals surface area contributed by atoms with Crippen molar-refractivity contribution in [2.24, 2.45) is 5.92 Å². The molecule has 1 aliphatic heterocycles. The number of rotatable bonds is 4. The molecule has 0 radical (unpaired) electrons. The third-order valence-electron chi connectivity index (χ3n) is 4.53. The van der Waals surface area contributed by atoms with Crippen molar-refractivity contribution in [1.82, 2.24) is 0 Å². The summed E-state index contributed by atoms with van der Waals surface area (Å²) >= 11 is 0. The van der Waals surface area contributed by atoms with Crippen LogP contribution in [0.15, 0.2) is 11.6 Å². The largest absolute Gasteiger partial charge is 0.463 e. The Morgan fingerprint density at radius 3 is 2.74 bits per heavy atom. The lowest BCUT2D eigenvalue weighted by Crippen LogP contribution is -2.33. The fraction of sp³-hybridized carbons (Fsp3) is 0.800. The zero-order chi connectivity index (χ0) is 14.0. The fourth-order valence-electron chi connectivity index (χ4n) is 3.21. The Hall–Kier alpha value is -0.870. The summed E-state index contributed by atoms with van der Waals surface area (Å²) in [6.45, 7) is 6.37. The van der Waals surface area contributed by atoms with Crippen LogP contribution in [0.1, 0.15) is 46.5 Å². The minimum absolute atomic E-state index is 0.109. The molecule has 0 aromatic heterocycles. The summed E-state index contributed by atoms with van der Waals surface area (Å²) in [6.07, 6.45) is 4.34. The number of carbonyl (C=O) groups is 1. The maximum atomic E-state index is 11.8. The van der Waals surface area contributed by atoms with Crippen LogP contribution in [0.5, 0.6) is 0 Å². The van der Waals surface area contributed by atoms with Crippen LogP contribution in [0, 0.1) is 5.92 Å². The van der Waals surface area contributed by atoms with Gasteiger partial charge in [0, 0.05) is 17.9 Å². The Labute approximate surface area is 114 Å². The summed E-state index contributed by atoms with van der Waals surface area (Å²) in [5, 5.41) is 10.3. The first kappa shape index (κ1) is 14.5. The number of hydrogen-bond donors (Lipinski definition) is 1. The third kappa shape index (κ3) is 2.70. The number of hydrogen-bond acceptors (Lipinski definition) is 4. The monoisotopic (exact) mass is 268 g/mol. The molecular formula is C15H24O4. The number of aliphatic hydroxyl groups excluding tert-OH is 1. The highest BCUT2D eigenvalue weighted by Gasteiger charge is 2.48. The van der Waals surface area contributed by atoms with E-state index in [0.29, 0.717) is 18.6 Å². The van der Waals surface area contributed by atoms with E-state index in [2.05, 4.69) is 13.8 Å². The van der Waals surface area contributed by atoms with Crippen LogP contribution >= 0.6 is 0 Å². The Kier molecular flexibility index (Phi) is 4.31. The normalized spacial score (nSPS) is 32.6. The fourth-order valence-corrected chi connectivity index (χ4v) is 3.21. The Balaban J connectivity index is 2.17. The van der Waals surface area contributed by atoms with Gasteiger partial charge in [-0.1, -0.05) is 13.8 Å². The molecule has 1 fully saturated rings. The van der Waals surface area contributed by atoms with Gasteiger partial charge in [0.1, 0.15) is 0 Å². The van der Waals surface area contributed by atoms with E-state index in [1.807, 2.05) is 6.08 Å². The first-order chi connectivity index (χ1) is 9.05. The lowest BCUT2D eigenvalue weighted by atomic mass is 9.80. The second-order valence-electron chi connectivity index (χ2n) is 5.52. The zero-order valence-corrected chi connectivity index (χ0v) is 12.0. The van der Waals surface area contributed by atoms with Crippen molar-refractivity contribution in [2.45, 2.75) is 64.3 Å². The second kappa shape index (κ2) is 5.63. The highest BCUT2D eigenvalue weighted by atomic mass is 16.5. The van der Waals surface area contributed by atoms with Crippen LogP contribution < -0.4 is 0 Å². The minimum atomic E-state index is -0.505. The average molecular weight is 268 g/mol. The molecule has 4 nitrogen and oxygen atoms in total. The van der Waals surface area contributed by atoms with Gasteiger partial charge in [0.2, 0.25) is 0 Å².